The lowest BCUT2D eigenvalue weighted by molar-refractivity contribution is -0.137. The molecule has 30 heavy (non-hydrogen) atoms. The second-order valence-electron chi connectivity index (χ2n) is 6.07. The van der Waals surface area contributed by atoms with Gasteiger partial charge >= 0.3 is 5.97 Å². The van der Waals surface area contributed by atoms with Gasteiger partial charge in [-0.15, -0.1) is 10.2 Å². The van der Waals surface area contributed by atoms with E-state index < -0.39 is 28.0 Å². The van der Waals surface area contributed by atoms with Gasteiger partial charge in [0.25, 0.3) is 5.91 Å². The number of nitrogens with one attached hydrogen (secondary N) is 1. The number of halogens is 1. The maximum atomic E-state index is 12.7. The third-order valence-electron chi connectivity index (χ3n) is 3.92. The summed E-state index contributed by atoms with van der Waals surface area (Å²) < 4.78 is 36.4. The molecule has 10 nitrogen and oxygen atoms in total. The van der Waals surface area contributed by atoms with E-state index in [0.717, 1.165) is 33.7 Å². The van der Waals surface area contributed by atoms with Crippen LogP contribution in [-0.2, 0) is 24.3 Å². The Kier molecular flexibility index (Phi) is 7.06. The standard InChI is InChI=1S/C16H17ClN4O6S3/c1-26-13(22)8-28-16-20-19-15(29-16)18-14(23)12-5-6-21(30(2,24)25)10-7-9(17)3-4-11(10)27-12/h3-4,7,12H,5-6,8H2,1-2H3,(H,18,19,23). The van der Waals surface area contributed by atoms with Crippen molar-refractivity contribution in [1.29, 1.82) is 0 Å². The van der Waals surface area contributed by atoms with Crippen LogP contribution in [-0.4, -0.2) is 62.3 Å². The average molecular weight is 493 g/mol. The van der Waals surface area contributed by atoms with E-state index in [0.29, 0.717) is 9.36 Å². The smallest absolute Gasteiger partial charge is 0.316 e. The molecule has 2 aromatic rings. The fourth-order valence-electron chi connectivity index (χ4n) is 2.57. The maximum Gasteiger partial charge on any atom is 0.316 e. The molecule has 0 bridgehead atoms. The van der Waals surface area contributed by atoms with E-state index in [2.05, 4.69) is 20.3 Å². The van der Waals surface area contributed by atoms with Gasteiger partial charge in [-0.25, -0.2) is 8.42 Å². The zero-order valence-electron chi connectivity index (χ0n) is 15.8. The van der Waals surface area contributed by atoms with Crippen molar-refractivity contribution in [2.45, 2.75) is 16.9 Å². The largest absolute Gasteiger partial charge is 0.478 e. The van der Waals surface area contributed by atoms with Gasteiger partial charge in [-0.3, -0.25) is 19.2 Å². The average Bonchev–Trinajstić information content (AvgIpc) is 3.03. The van der Waals surface area contributed by atoms with E-state index >= 15 is 0 Å². The first-order valence-corrected chi connectivity index (χ1v) is 12.5. The molecule has 0 fully saturated rings. The van der Waals surface area contributed by atoms with Crippen molar-refractivity contribution >= 4 is 67.4 Å². The molecular weight excluding hydrogens is 476 g/mol. The number of nitrogens with zero attached hydrogens (tertiary/aromatic N) is 3. The first-order chi connectivity index (χ1) is 14.2. The highest BCUT2D eigenvalue weighted by Gasteiger charge is 2.32. The van der Waals surface area contributed by atoms with Crippen molar-refractivity contribution in [3.63, 3.8) is 0 Å². The summed E-state index contributed by atoms with van der Waals surface area (Å²) in [6.07, 6.45) is 0.243. The number of benzene rings is 1. The summed E-state index contributed by atoms with van der Waals surface area (Å²) in [4.78, 5) is 23.9. The summed E-state index contributed by atoms with van der Waals surface area (Å²) in [5.74, 6) is -0.589. The van der Waals surface area contributed by atoms with Gasteiger partial charge in [0.05, 0.1) is 24.8 Å². The number of esters is 1. The lowest BCUT2D eigenvalue weighted by atomic mass is 10.2. The van der Waals surface area contributed by atoms with E-state index in [9.17, 15) is 18.0 Å². The van der Waals surface area contributed by atoms with Crippen LogP contribution in [0, 0.1) is 0 Å². The molecule has 2 heterocycles. The number of rotatable bonds is 6. The Hall–Kier alpha value is -2.09. The van der Waals surface area contributed by atoms with Crippen molar-refractivity contribution < 1.29 is 27.5 Å². The molecule has 1 amide bonds. The van der Waals surface area contributed by atoms with Gasteiger partial charge < -0.3 is 9.47 Å². The van der Waals surface area contributed by atoms with E-state index in [4.69, 9.17) is 16.3 Å². The van der Waals surface area contributed by atoms with E-state index in [1.165, 1.54) is 19.2 Å². The van der Waals surface area contributed by atoms with Gasteiger partial charge in [0, 0.05) is 18.0 Å². The Bertz CT molecular complexity index is 1060. The fourth-order valence-corrected chi connectivity index (χ4v) is 5.26. The Morgan fingerprint density at radius 1 is 1.43 bits per heavy atom. The molecule has 14 heteroatoms. The predicted octanol–water partition coefficient (Wildman–Crippen LogP) is 2.01. The zero-order chi connectivity index (χ0) is 21.9. The van der Waals surface area contributed by atoms with Crippen LogP contribution >= 0.6 is 34.7 Å². The Balaban J connectivity index is 1.72. The normalized spacial score (nSPS) is 16.2. The Morgan fingerprint density at radius 2 is 2.20 bits per heavy atom. The van der Waals surface area contributed by atoms with Gasteiger partial charge in [0.2, 0.25) is 15.2 Å². The minimum Gasteiger partial charge on any atom is -0.478 e. The molecule has 0 radical (unpaired) electrons. The molecule has 1 aromatic carbocycles. The molecule has 1 aromatic heterocycles. The quantitative estimate of drug-likeness (QED) is 0.365. The predicted molar refractivity (Wildman–Crippen MR) is 114 cm³/mol. The third kappa shape index (κ3) is 5.53. The molecule has 1 unspecified atom stereocenters. The van der Waals surface area contributed by atoms with E-state index in [1.54, 1.807) is 6.07 Å². The van der Waals surface area contributed by atoms with Crippen molar-refractivity contribution in [2.75, 3.05) is 35.3 Å². The summed E-state index contributed by atoms with van der Waals surface area (Å²) in [5, 5.41) is 11.0. The molecule has 1 N–H and O–H groups in total. The van der Waals surface area contributed by atoms with Gasteiger partial charge in [0.15, 0.2) is 10.4 Å². The molecule has 1 atom stereocenters. The van der Waals surface area contributed by atoms with Crippen LogP contribution in [0.15, 0.2) is 22.5 Å². The van der Waals surface area contributed by atoms with Crippen molar-refractivity contribution in [3.8, 4) is 5.75 Å². The summed E-state index contributed by atoms with van der Waals surface area (Å²) in [5.41, 5.74) is 0.276. The topological polar surface area (TPSA) is 128 Å². The number of carbonyl (C=O) groups excluding carboxylic acids is 2. The second kappa shape index (κ2) is 9.37. The number of hydrogen-bond donors (Lipinski definition) is 1. The van der Waals surface area contributed by atoms with Gasteiger partial charge in [-0.2, -0.15) is 0 Å². The van der Waals surface area contributed by atoms with Crippen LogP contribution in [0.4, 0.5) is 10.8 Å². The number of hydrogen-bond acceptors (Lipinski definition) is 10. The number of amides is 1. The number of methoxy groups -OCH3 is 1. The van der Waals surface area contributed by atoms with Crippen LogP contribution in [0.25, 0.3) is 0 Å². The number of aromatic nitrogens is 2. The van der Waals surface area contributed by atoms with E-state index in [-0.39, 0.29) is 35.3 Å². The van der Waals surface area contributed by atoms with Crippen LogP contribution in [0.3, 0.4) is 0 Å². The number of anilines is 2. The summed E-state index contributed by atoms with van der Waals surface area (Å²) in [6, 6.07) is 4.55. The minimum atomic E-state index is -3.60. The molecule has 0 spiro atoms. The van der Waals surface area contributed by atoms with Crippen LogP contribution in [0.2, 0.25) is 5.02 Å². The summed E-state index contributed by atoms with van der Waals surface area (Å²) >= 11 is 8.24. The van der Waals surface area contributed by atoms with Gasteiger partial charge in [-0.05, 0) is 18.2 Å². The Morgan fingerprint density at radius 3 is 2.90 bits per heavy atom. The van der Waals surface area contributed by atoms with Crippen molar-refractivity contribution in [2.24, 2.45) is 0 Å². The SMILES string of the molecule is COC(=O)CSc1nnc(NC(=O)C2CCN(S(C)(=O)=O)c3cc(Cl)ccc3O2)s1. The van der Waals surface area contributed by atoms with Crippen molar-refractivity contribution in [3.05, 3.63) is 23.2 Å². The number of carbonyl (C=O) groups is 2. The van der Waals surface area contributed by atoms with Crippen LogP contribution < -0.4 is 14.4 Å². The summed E-state index contributed by atoms with van der Waals surface area (Å²) in [7, 11) is -2.31. The monoisotopic (exact) mass is 492 g/mol. The maximum absolute atomic E-state index is 12.7. The molecule has 0 aliphatic carbocycles. The highest BCUT2D eigenvalue weighted by atomic mass is 35.5. The molecular formula is C16H17ClN4O6S3. The molecule has 1 aliphatic heterocycles. The minimum absolute atomic E-state index is 0.0423. The van der Waals surface area contributed by atoms with Crippen LogP contribution in [0.1, 0.15) is 6.42 Å². The third-order valence-corrected chi connectivity index (χ3v) is 7.28. The fraction of sp³-hybridized carbons (Fsp3) is 0.375. The first kappa shape index (κ1) is 22.6. The molecule has 0 saturated carbocycles. The Labute approximate surface area is 185 Å². The summed E-state index contributed by atoms with van der Waals surface area (Å²) in [6.45, 7) is 0.0423. The van der Waals surface area contributed by atoms with E-state index in [1.807, 2.05) is 0 Å². The lowest BCUT2D eigenvalue weighted by Gasteiger charge is -2.21. The number of thioether (sulfide) groups is 1. The molecule has 3 rings (SSSR count). The molecule has 1 aliphatic rings. The molecule has 0 saturated heterocycles. The zero-order valence-corrected chi connectivity index (χ0v) is 19.0. The molecule has 162 valence electrons. The highest BCUT2D eigenvalue weighted by molar-refractivity contribution is 8.01. The number of ether oxygens (including phenoxy) is 2. The number of sulfonamides is 1. The number of fused-ring (bicyclic) bond motifs is 1. The highest BCUT2D eigenvalue weighted by Crippen LogP contribution is 2.36. The lowest BCUT2D eigenvalue weighted by Crippen LogP contribution is -2.35. The van der Waals surface area contributed by atoms with Gasteiger partial charge in [-0.1, -0.05) is 34.7 Å². The van der Waals surface area contributed by atoms with Crippen molar-refractivity contribution in [1.82, 2.24) is 10.2 Å². The van der Waals surface area contributed by atoms with Gasteiger partial charge in [0.1, 0.15) is 5.75 Å². The second-order valence-corrected chi connectivity index (χ2v) is 10.6. The van der Waals surface area contributed by atoms with Crippen LogP contribution in [0.5, 0.6) is 5.75 Å². The first-order valence-electron chi connectivity index (χ1n) is 8.45.